The number of rotatable bonds is 3. The largest absolute Gasteiger partial charge is 0.312 e. The predicted molar refractivity (Wildman–Crippen MR) is 97.7 cm³/mol. The molecule has 0 radical (unpaired) electrons. The first kappa shape index (κ1) is 15.3. The van der Waals surface area contributed by atoms with Crippen molar-refractivity contribution in [3.8, 4) is 5.82 Å². The minimum atomic E-state index is 0.476. The molecule has 3 heterocycles. The third kappa shape index (κ3) is 2.54. The van der Waals surface area contributed by atoms with Gasteiger partial charge in [0.15, 0.2) is 5.65 Å². The van der Waals surface area contributed by atoms with Gasteiger partial charge in [0.2, 0.25) is 0 Å². The number of hydrogen-bond donors (Lipinski definition) is 1. The van der Waals surface area contributed by atoms with E-state index in [2.05, 4.69) is 22.1 Å². The molecule has 0 aliphatic rings. The molecule has 0 aliphatic carbocycles. The van der Waals surface area contributed by atoms with Crippen molar-refractivity contribution in [3.05, 3.63) is 83.4 Å². The Morgan fingerprint density at radius 3 is 2.44 bits per heavy atom. The van der Waals surface area contributed by atoms with Gasteiger partial charge >= 0.3 is 0 Å². The average Bonchev–Trinajstić information content (AvgIpc) is 2.90. The number of fused-ring (bicyclic) bond motifs is 1. The summed E-state index contributed by atoms with van der Waals surface area (Å²) >= 11 is 0. The lowest BCUT2D eigenvalue weighted by Crippen LogP contribution is -2.21. The SMILES string of the molecule is Cc1c(C)n(-c2ccccn2)c2ncn(Cc3ccccc3)c(=N)c12. The average molecular weight is 329 g/mol. The monoisotopic (exact) mass is 329 g/mol. The van der Waals surface area contributed by atoms with Crippen LogP contribution in [0, 0.1) is 19.3 Å². The van der Waals surface area contributed by atoms with Gasteiger partial charge in [-0.2, -0.15) is 0 Å². The van der Waals surface area contributed by atoms with E-state index in [1.807, 2.05) is 59.4 Å². The van der Waals surface area contributed by atoms with E-state index in [9.17, 15) is 0 Å². The summed E-state index contributed by atoms with van der Waals surface area (Å²) < 4.78 is 3.91. The van der Waals surface area contributed by atoms with E-state index in [1.165, 1.54) is 0 Å². The van der Waals surface area contributed by atoms with Crippen molar-refractivity contribution in [2.45, 2.75) is 20.4 Å². The van der Waals surface area contributed by atoms with Gasteiger partial charge in [0.05, 0.1) is 18.3 Å². The van der Waals surface area contributed by atoms with Crippen LogP contribution in [-0.2, 0) is 6.54 Å². The molecule has 0 bridgehead atoms. The molecule has 0 unspecified atom stereocenters. The van der Waals surface area contributed by atoms with E-state index in [0.717, 1.165) is 33.7 Å². The number of nitrogens with zero attached hydrogens (tertiary/aromatic N) is 4. The predicted octanol–water partition coefficient (Wildman–Crippen LogP) is 3.37. The highest BCUT2D eigenvalue weighted by molar-refractivity contribution is 5.82. The van der Waals surface area contributed by atoms with Gasteiger partial charge in [-0.15, -0.1) is 0 Å². The second kappa shape index (κ2) is 6.02. The molecule has 1 aromatic carbocycles. The molecule has 3 aromatic heterocycles. The van der Waals surface area contributed by atoms with E-state index in [4.69, 9.17) is 5.41 Å². The van der Waals surface area contributed by atoms with Crippen LogP contribution in [0.2, 0.25) is 0 Å². The third-order valence-corrected chi connectivity index (χ3v) is 4.61. The maximum atomic E-state index is 8.69. The Bertz CT molecular complexity index is 1090. The Morgan fingerprint density at radius 2 is 1.72 bits per heavy atom. The maximum absolute atomic E-state index is 8.69. The van der Waals surface area contributed by atoms with Crippen molar-refractivity contribution in [2.24, 2.45) is 0 Å². The summed E-state index contributed by atoms with van der Waals surface area (Å²) in [7, 11) is 0. The van der Waals surface area contributed by atoms with E-state index < -0.39 is 0 Å². The lowest BCUT2D eigenvalue weighted by Gasteiger charge is -2.09. The molecule has 0 saturated heterocycles. The van der Waals surface area contributed by atoms with Crippen molar-refractivity contribution in [1.29, 1.82) is 5.41 Å². The van der Waals surface area contributed by atoms with Crippen molar-refractivity contribution < 1.29 is 0 Å². The topological polar surface area (TPSA) is 59.5 Å². The van der Waals surface area contributed by atoms with Crippen LogP contribution in [-0.4, -0.2) is 19.1 Å². The van der Waals surface area contributed by atoms with Gasteiger partial charge in [-0.05, 0) is 37.1 Å². The highest BCUT2D eigenvalue weighted by atomic mass is 15.1. The summed E-state index contributed by atoms with van der Waals surface area (Å²) in [5, 5.41) is 9.57. The van der Waals surface area contributed by atoms with E-state index in [0.29, 0.717) is 12.0 Å². The smallest absolute Gasteiger partial charge is 0.151 e. The normalized spacial score (nSPS) is 11.1. The Labute approximate surface area is 145 Å². The second-order valence-electron chi connectivity index (χ2n) is 6.14. The summed E-state index contributed by atoms with van der Waals surface area (Å²) in [5.41, 5.74) is 4.54. The molecule has 25 heavy (non-hydrogen) atoms. The fraction of sp³-hybridized carbons (Fsp3) is 0.150. The van der Waals surface area contributed by atoms with Crippen LogP contribution < -0.4 is 5.49 Å². The molecule has 0 fully saturated rings. The number of hydrogen-bond acceptors (Lipinski definition) is 3. The molecule has 4 aromatic rings. The van der Waals surface area contributed by atoms with Gasteiger partial charge in [-0.25, -0.2) is 9.97 Å². The number of benzene rings is 1. The molecule has 0 amide bonds. The van der Waals surface area contributed by atoms with Gasteiger partial charge in [-0.3, -0.25) is 9.98 Å². The fourth-order valence-electron chi connectivity index (χ4n) is 3.18. The first-order valence-corrected chi connectivity index (χ1v) is 8.24. The number of aromatic nitrogens is 4. The lowest BCUT2D eigenvalue weighted by molar-refractivity contribution is 0.721. The summed E-state index contributed by atoms with van der Waals surface area (Å²) in [6.45, 7) is 4.73. The van der Waals surface area contributed by atoms with Crippen LogP contribution in [0.5, 0.6) is 0 Å². The minimum Gasteiger partial charge on any atom is -0.312 e. The molecule has 5 heteroatoms. The first-order valence-electron chi connectivity index (χ1n) is 8.24. The van der Waals surface area contributed by atoms with Crippen LogP contribution in [0.25, 0.3) is 16.9 Å². The zero-order chi connectivity index (χ0) is 17.4. The van der Waals surface area contributed by atoms with Crippen molar-refractivity contribution in [2.75, 3.05) is 0 Å². The Hall–Kier alpha value is -3.21. The molecular formula is C20H19N5. The Kier molecular flexibility index (Phi) is 3.69. The number of pyridine rings is 1. The van der Waals surface area contributed by atoms with E-state index in [-0.39, 0.29) is 0 Å². The zero-order valence-corrected chi connectivity index (χ0v) is 14.3. The molecule has 1 N–H and O–H groups in total. The number of aryl methyl sites for hydroxylation is 1. The molecule has 124 valence electrons. The molecule has 0 spiro atoms. The molecule has 0 atom stereocenters. The third-order valence-electron chi connectivity index (χ3n) is 4.61. The van der Waals surface area contributed by atoms with Crippen LogP contribution in [0.1, 0.15) is 16.8 Å². The summed E-state index contributed by atoms with van der Waals surface area (Å²) in [6.07, 6.45) is 3.52. The van der Waals surface area contributed by atoms with Crippen molar-refractivity contribution in [1.82, 2.24) is 19.1 Å². The quantitative estimate of drug-likeness (QED) is 0.626. The van der Waals surface area contributed by atoms with Crippen LogP contribution >= 0.6 is 0 Å². The molecule has 5 nitrogen and oxygen atoms in total. The highest BCUT2D eigenvalue weighted by Crippen LogP contribution is 2.23. The molecule has 0 aliphatic heterocycles. The van der Waals surface area contributed by atoms with Gasteiger partial charge in [0, 0.05) is 11.9 Å². The first-order chi connectivity index (χ1) is 12.2. The van der Waals surface area contributed by atoms with Gasteiger partial charge in [-0.1, -0.05) is 36.4 Å². The van der Waals surface area contributed by atoms with Crippen LogP contribution in [0.15, 0.2) is 61.1 Å². The van der Waals surface area contributed by atoms with Crippen LogP contribution in [0.3, 0.4) is 0 Å². The lowest BCUT2D eigenvalue weighted by atomic mass is 10.2. The van der Waals surface area contributed by atoms with E-state index in [1.54, 1.807) is 12.5 Å². The zero-order valence-electron chi connectivity index (χ0n) is 14.3. The molecule has 4 rings (SSSR count). The van der Waals surface area contributed by atoms with Crippen molar-refractivity contribution in [3.63, 3.8) is 0 Å². The van der Waals surface area contributed by atoms with Crippen LogP contribution in [0.4, 0.5) is 0 Å². The van der Waals surface area contributed by atoms with Crippen molar-refractivity contribution >= 4 is 11.0 Å². The Balaban J connectivity index is 1.91. The van der Waals surface area contributed by atoms with Gasteiger partial charge < -0.3 is 4.57 Å². The van der Waals surface area contributed by atoms with E-state index >= 15 is 0 Å². The maximum Gasteiger partial charge on any atom is 0.151 e. The summed E-state index contributed by atoms with van der Waals surface area (Å²) in [5.74, 6) is 0.825. The standard InChI is InChI=1S/C20H19N5/c1-14-15(2)25(17-10-6-7-11-22-17)20-18(14)19(21)24(13-23-20)12-16-8-4-3-5-9-16/h3-11,13,21H,12H2,1-2H3. The minimum absolute atomic E-state index is 0.476. The highest BCUT2D eigenvalue weighted by Gasteiger charge is 2.16. The summed E-state index contributed by atoms with van der Waals surface area (Å²) in [4.78, 5) is 9.11. The Morgan fingerprint density at radius 1 is 0.960 bits per heavy atom. The number of nitrogens with one attached hydrogen (secondary N) is 1. The second-order valence-corrected chi connectivity index (χ2v) is 6.14. The molecular weight excluding hydrogens is 310 g/mol. The summed E-state index contributed by atoms with van der Waals surface area (Å²) in [6, 6.07) is 16.0. The van der Waals surface area contributed by atoms with Gasteiger partial charge in [0.1, 0.15) is 11.3 Å². The van der Waals surface area contributed by atoms with Gasteiger partial charge in [0.25, 0.3) is 0 Å². The fourth-order valence-corrected chi connectivity index (χ4v) is 3.18. The molecule has 0 saturated carbocycles.